The summed E-state index contributed by atoms with van der Waals surface area (Å²) in [5.41, 5.74) is 0.588. The largest absolute Gasteiger partial charge is 0.489 e. The highest BCUT2D eigenvalue weighted by Crippen LogP contribution is 2.22. The van der Waals surface area contributed by atoms with E-state index >= 15 is 0 Å². The van der Waals surface area contributed by atoms with Crippen molar-refractivity contribution in [3.05, 3.63) is 63.6 Å². The van der Waals surface area contributed by atoms with Crippen molar-refractivity contribution in [3.8, 4) is 11.8 Å². The predicted octanol–water partition coefficient (Wildman–Crippen LogP) is 4.18. The molecule has 2 rings (SSSR count). The fourth-order valence-corrected chi connectivity index (χ4v) is 1.82. The minimum absolute atomic E-state index is 0.00954. The van der Waals surface area contributed by atoms with E-state index in [1.165, 1.54) is 30.3 Å². The molecule has 2 nitrogen and oxygen atoms in total. The summed E-state index contributed by atoms with van der Waals surface area (Å²) in [6, 6.07) is 10.2. The van der Waals surface area contributed by atoms with E-state index in [4.69, 9.17) is 10.00 Å². The summed E-state index contributed by atoms with van der Waals surface area (Å²) < 4.78 is 32.2. The Morgan fingerprint density at radius 2 is 1.89 bits per heavy atom. The topological polar surface area (TPSA) is 33.0 Å². The number of halogens is 3. The Morgan fingerprint density at radius 1 is 1.11 bits per heavy atom. The van der Waals surface area contributed by atoms with Crippen molar-refractivity contribution in [3.63, 3.8) is 0 Å². The van der Waals surface area contributed by atoms with Crippen LogP contribution in [0.3, 0.4) is 0 Å². The maximum atomic E-state index is 13.6. The fraction of sp³-hybridized carbons (Fsp3) is 0.0714. The van der Waals surface area contributed by atoms with Crippen molar-refractivity contribution in [2.75, 3.05) is 0 Å². The molecular formula is C14H8BrF2NO. The Balaban J connectivity index is 2.10. The smallest absolute Gasteiger partial charge is 0.137 e. The van der Waals surface area contributed by atoms with E-state index in [-0.39, 0.29) is 16.6 Å². The summed E-state index contributed by atoms with van der Waals surface area (Å²) in [5.74, 6) is -0.464. The molecule has 0 N–H and O–H groups in total. The van der Waals surface area contributed by atoms with Gasteiger partial charge in [0.25, 0.3) is 0 Å². The molecule has 0 aliphatic carbocycles. The average molecular weight is 324 g/mol. The second kappa shape index (κ2) is 5.81. The highest BCUT2D eigenvalue weighted by atomic mass is 79.9. The summed E-state index contributed by atoms with van der Waals surface area (Å²) in [5, 5.41) is 8.63. The Labute approximate surface area is 117 Å². The maximum absolute atomic E-state index is 13.6. The number of nitriles is 1. The molecule has 19 heavy (non-hydrogen) atoms. The number of nitrogens with zero attached hydrogens (tertiary/aromatic N) is 1. The van der Waals surface area contributed by atoms with Crippen LogP contribution in [-0.2, 0) is 6.61 Å². The molecule has 0 fully saturated rings. The summed E-state index contributed by atoms with van der Waals surface area (Å²) in [4.78, 5) is 0. The molecule has 5 heteroatoms. The maximum Gasteiger partial charge on any atom is 0.137 e. The molecule has 0 spiro atoms. The minimum Gasteiger partial charge on any atom is -0.489 e. The summed E-state index contributed by atoms with van der Waals surface area (Å²) in [7, 11) is 0. The van der Waals surface area contributed by atoms with Gasteiger partial charge >= 0.3 is 0 Å². The van der Waals surface area contributed by atoms with Gasteiger partial charge in [-0.1, -0.05) is 6.07 Å². The third-order valence-corrected chi connectivity index (χ3v) is 3.08. The molecule has 96 valence electrons. The molecule has 0 amide bonds. The minimum atomic E-state index is -0.500. The lowest BCUT2D eigenvalue weighted by Gasteiger charge is -2.08. The first-order valence-corrected chi connectivity index (χ1v) is 6.16. The molecule has 2 aromatic carbocycles. The van der Waals surface area contributed by atoms with Crippen LogP contribution < -0.4 is 4.74 Å². The van der Waals surface area contributed by atoms with Gasteiger partial charge in [0.1, 0.15) is 24.0 Å². The quantitative estimate of drug-likeness (QED) is 0.849. The Kier molecular flexibility index (Phi) is 4.13. The highest BCUT2D eigenvalue weighted by molar-refractivity contribution is 9.10. The van der Waals surface area contributed by atoms with Crippen LogP contribution in [0.5, 0.6) is 5.75 Å². The van der Waals surface area contributed by atoms with Gasteiger partial charge in [-0.3, -0.25) is 0 Å². The average Bonchev–Trinajstić information content (AvgIpc) is 2.41. The van der Waals surface area contributed by atoms with Gasteiger partial charge in [0.05, 0.1) is 16.1 Å². The normalized spacial score (nSPS) is 10.0. The number of ether oxygens (including phenoxy) is 1. The zero-order chi connectivity index (χ0) is 13.8. The molecule has 0 radical (unpaired) electrons. The van der Waals surface area contributed by atoms with Gasteiger partial charge in [-0.05, 0) is 46.3 Å². The zero-order valence-electron chi connectivity index (χ0n) is 9.66. The molecular weight excluding hydrogens is 316 g/mol. The van der Waals surface area contributed by atoms with Crippen molar-refractivity contribution in [1.82, 2.24) is 0 Å². The van der Waals surface area contributed by atoms with Crippen LogP contribution in [0, 0.1) is 23.0 Å². The molecule has 0 saturated heterocycles. The fourth-order valence-electron chi connectivity index (χ4n) is 1.46. The van der Waals surface area contributed by atoms with Crippen LogP contribution in [-0.4, -0.2) is 0 Å². The van der Waals surface area contributed by atoms with Crippen molar-refractivity contribution in [1.29, 1.82) is 5.26 Å². The van der Waals surface area contributed by atoms with E-state index in [0.717, 1.165) is 6.07 Å². The Hall–Kier alpha value is -1.93. The SMILES string of the molecule is N#Cc1ccc(COc2ccc(F)c(Br)c2)c(F)c1. The summed E-state index contributed by atoms with van der Waals surface area (Å²) in [6.45, 7) is 0.00954. The van der Waals surface area contributed by atoms with Gasteiger partial charge in [-0.15, -0.1) is 0 Å². The van der Waals surface area contributed by atoms with Crippen molar-refractivity contribution >= 4 is 15.9 Å². The lowest BCUT2D eigenvalue weighted by Crippen LogP contribution is -1.99. The first-order valence-electron chi connectivity index (χ1n) is 5.36. The van der Waals surface area contributed by atoms with Crippen LogP contribution in [0.4, 0.5) is 8.78 Å². The monoisotopic (exact) mass is 323 g/mol. The standard InChI is InChI=1S/C14H8BrF2NO/c15-12-6-11(3-4-13(12)16)19-8-10-2-1-9(7-18)5-14(10)17/h1-6H,8H2. The second-order valence-corrected chi connectivity index (χ2v) is 4.64. The molecule has 0 saturated carbocycles. The summed E-state index contributed by atoms with van der Waals surface area (Å²) >= 11 is 3.04. The third kappa shape index (κ3) is 3.30. The number of hydrogen-bond donors (Lipinski definition) is 0. The molecule has 0 heterocycles. The Bertz CT molecular complexity index is 652. The molecule has 0 bridgehead atoms. The van der Waals surface area contributed by atoms with Crippen LogP contribution in [0.2, 0.25) is 0 Å². The van der Waals surface area contributed by atoms with E-state index in [9.17, 15) is 8.78 Å². The number of benzene rings is 2. The lowest BCUT2D eigenvalue weighted by molar-refractivity contribution is 0.299. The van der Waals surface area contributed by atoms with Gasteiger partial charge < -0.3 is 4.74 Å². The highest BCUT2D eigenvalue weighted by Gasteiger charge is 2.06. The van der Waals surface area contributed by atoms with Gasteiger partial charge in [0.15, 0.2) is 0 Å². The van der Waals surface area contributed by atoms with Gasteiger partial charge in [-0.2, -0.15) is 5.26 Å². The van der Waals surface area contributed by atoms with Crippen LogP contribution >= 0.6 is 15.9 Å². The lowest BCUT2D eigenvalue weighted by atomic mass is 10.1. The van der Waals surface area contributed by atoms with E-state index in [0.29, 0.717) is 11.3 Å². The van der Waals surface area contributed by atoms with E-state index in [1.54, 1.807) is 0 Å². The van der Waals surface area contributed by atoms with Gasteiger partial charge in [-0.25, -0.2) is 8.78 Å². The van der Waals surface area contributed by atoms with Crippen molar-refractivity contribution in [2.45, 2.75) is 6.61 Å². The molecule has 2 aromatic rings. The molecule has 0 atom stereocenters. The number of rotatable bonds is 3. The second-order valence-electron chi connectivity index (χ2n) is 3.78. The van der Waals surface area contributed by atoms with Crippen LogP contribution in [0.1, 0.15) is 11.1 Å². The zero-order valence-corrected chi connectivity index (χ0v) is 11.2. The van der Waals surface area contributed by atoms with E-state index in [1.807, 2.05) is 6.07 Å². The first-order chi connectivity index (χ1) is 9.10. The number of hydrogen-bond acceptors (Lipinski definition) is 2. The first kappa shape index (κ1) is 13.5. The van der Waals surface area contributed by atoms with Crippen LogP contribution in [0.15, 0.2) is 40.9 Å². The van der Waals surface area contributed by atoms with E-state index in [2.05, 4.69) is 15.9 Å². The van der Waals surface area contributed by atoms with Crippen LogP contribution in [0.25, 0.3) is 0 Å². The molecule has 0 aliphatic rings. The molecule has 0 aromatic heterocycles. The van der Waals surface area contributed by atoms with Crippen molar-refractivity contribution in [2.24, 2.45) is 0 Å². The molecule has 0 unspecified atom stereocenters. The third-order valence-electron chi connectivity index (χ3n) is 2.47. The van der Waals surface area contributed by atoms with Crippen molar-refractivity contribution < 1.29 is 13.5 Å². The molecule has 0 aliphatic heterocycles. The van der Waals surface area contributed by atoms with Gasteiger partial charge in [0.2, 0.25) is 0 Å². The van der Waals surface area contributed by atoms with Gasteiger partial charge in [0, 0.05) is 5.56 Å². The summed E-state index contributed by atoms with van der Waals surface area (Å²) in [6.07, 6.45) is 0. The van der Waals surface area contributed by atoms with E-state index < -0.39 is 11.6 Å². The Morgan fingerprint density at radius 3 is 2.53 bits per heavy atom. The predicted molar refractivity (Wildman–Crippen MR) is 69.5 cm³/mol.